The summed E-state index contributed by atoms with van der Waals surface area (Å²) in [6, 6.07) is 15.7. The molecular formula is C19H21ClN4OS. The molecule has 1 aromatic heterocycles. The summed E-state index contributed by atoms with van der Waals surface area (Å²) in [6.45, 7) is 1.36. The van der Waals surface area contributed by atoms with Crippen LogP contribution < -0.4 is 4.74 Å². The Bertz CT molecular complexity index is 949. The first kappa shape index (κ1) is 18.6. The lowest BCUT2D eigenvalue weighted by atomic mass is 10.2. The summed E-state index contributed by atoms with van der Waals surface area (Å²) in [5.41, 5.74) is 2.16. The molecule has 5 nitrogen and oxygen atoms in total. The van der Waals surface area contributed by atoms with Gasteiger partial charge in [0.05, 0.1) is 13.8 Å². The maximum atomic E-state index is 5.97. The molecule has 0 unspecified atom stereocenters. The lowest BCUT2D eigenvalue weighted by molar-refractivity contribution is 0.244. The first-order valence-electron chi connectivity index (χ1n) is 8.19. The predicted octanol–water partition coefficient (Wildman–Crippen LogP) is 4.37. The molecule has 0 radical (unpaired) electrons. The highest BCUT2D eigenvalue weighted by Crippen LogP contribution is 2.20. The van der Waals surface area contributed by atoms with Crippen LogP contribution in [0.15, 0.2) is 48.5 Å². The molecule has 0 saturated heterocycles. The monoisotopic (exact) mass is 388 g/mol. The Morgan fingerprint density at radius 1 is 1.19 bits per heavy atom. The summed E-state index contributed by atoms with van der Waals surface area (Å²) in [4.78, 5) is 2.16. The van der Waals surface area contributed by atoms with Gasteiger partial charge in [-0.15, -0.1) is 0 Å². The molecule has 0 N–H and O–H groups in total. The Morgan fingerprint density at radius 2 is 1.92 bits per heavy atom. The average molecular weight is 389 g/mol. The van der Waals surface area contributed by atoms with Gasteiger partial charge in [0.1, 0.15) is 5.75 Å². The molecular weight excluding hydrogens is 368 g/mol. The SMILES string of the molecule is COc1cccc(CN(C)Cn2nc(-c3ccc(Cl)cc3)n(C)c2=S)c1. The van der Waals surface area contributed by atoms with Gasteiger partial charge < -0.3 is 9.30 Å². The molecule has 26 heavy (non-hydrogen) atoms. The van der Waals surface area contributed by atoms with Crippen LogP contribution in [-0.2, 0) is 20.3 Å². The minimum Gasteiger partial charge on any atom is -0.497 e. The fourth-order valence-electron chi connectivity index (χ4n) is 2.79. The average Bonchev–Trinajstić information content (AvgIpc) is 2.91. The molecule has 0 saturated carbocycles. The standard InChI is InChI=1S/C19H21ClN4OS/c1-22(12-14-5-4-6-17(11-14)25-3)13-24-19(26)23(2)18(21-24)15-7-9-16(20)10-8-15/h4-11H,12-13H2,1-3H3. The second-order valence-corrected chi connectivity index (χ2v) is 6.98. The molecule has 0 aliphatic heterocycles. The molecule has 0 aliphatic carbocycles. The molecule has 7 heteroatoms. The molecule has 0 aliphatic rings. The fourth-order valence-corrected chi connectivity index (χ4v) is 3.10. The number of methoxy groups -OCH3 is 1. The van der Waals surface area contributed by atoms with E-state index in [1.165, 1.54) is 5.56 Å². The van der Waals surface area contributed by atoms with Gasteiger partial charge in [-0.25, -0.2) is 4.68 Å². The van der Waals surface area contributed by atoms with E-state index in [1.54, 1.807) is 7.11 Å². The largest absolute Gasteiger partial charge is 0.497 e. The summed E-state index contributed by atoms with van der Waals surface area (Å²) >= 11 is 11.5. The third-order valence-electron chi connectivity index (χ3n) is 4.11. The van der Waals surface area contributed by atoms with Gasteiger partial charge in [-0.3, -0.25) is 4.90 Å². The summed E-state index contributed by atoms with van der Waals surface area (Å²) < 4.78 is 9.71. The molecule has 3 rings (SSSR count). The second kappa shape index (κ2) is 8.03. The van der Waals surface area contributed by atoms with Crippen molar-refractivity contribution < 1.29 is 4.74 Å². The zero-order valence-electron chi connectivity index (χ0n) is 15.0. The van der Waals surface area contributed by atoms with Crippen LogP contribution in [0.2, 0.25) is 5.02 Å². The highest BCUT2D eigenvalue weighted by atomic mass is 35.5. The smallest absolute Gasteiger partial charge is 0.199 e. The van der Waals surface area contributed by atoms with E-state index in [0.29, 0.717) is 16.5 Å². The molecule has 0 amide bonds. The van der Waals surface area contributed by atoms with Crippen LogP contribution in [0.4, 0.5) is 0 Å². The number of benzene rings is 2. The van der Waals surface area contributed by atoms with E-state index in [0.717, 1.165) is 23.7 Å². The van der Waals surface area contributed by atoms with Gasteiger partial charge in [0.15, 0.2) is 10.6 Å². The predicted molar refractivity (Wildman–Crippen MR) is 107 cm³/mol. The summed E-state index contributed by atoms with van der Waals surface area (Å²) in [5, 5.41) is 5.39. The topological polar surface area (TPSA) is 35.2 Å². The Balaban J connectivity index is 1.78. The number of ether oxygens (including phenoxy) is 1. The fraction of sp³-hybridized carbons (Fsp3) is 0.263. The molecule has 1 heterocycles. The number of halogens is 1. The molecule has 0 spiro atoms. The van der Waals surface area contributed by atoms with Crippen molar-refractivity contribution in [3.63, 3.8) is 0 Å². The van der Waals surface area contributed by atoms with Crippen LogP contribution in [0, 0.1) is 4.77 Å². The van der Waals surface area contributed by atoms with E-state index < -0.39 is 0 Å². The molecule has 0 bridgehead atoms. The number of nitrogens with zero attached hydrogens (tertiary/aromatic N) is 4. The van der Waals surface area contributed by atoms with Crippen molar-refractivity contribution in [2.45, 2.75) is 13.2 Å². The first-order chi connectivity index (χ1) is 12.5. The van der Waals surface area contributed by atoms with Crippen molar-refractivity contribution in [2.75, 3.05) is 14.2 Å². The number of hydrogen-bond donors (Lipinski definition) is 0. The van der Waals surface area contributed by atoms with Gasteiger partial charge in [-0.2, -0.15) is 5.10 Å². The Labute approximate surface area is 163 Å². The van der Waals surface area contributed by atoms with Crippen LogP contribution in [0.3, 0.4) is 0 Å². The van der Waals surface area contributed by atoms with Crippen molar-refractivity contribution in [2.24, 2.45) is 7.05 Å². The third kappa shape index (κ3) is 4.15. The van der Waals surface area contributed by atoms with E-state index in [2.05, 4.69) is 11.0 Å². The van der Waals surface area contributed by atoms with E-state index in [1.807, 2.05) is 65.8 Å². The van der Waals surface area contributed by atoms with Gasteiger partial charge in [0.25, 0.3) is 0 Å². The zero-order valence-corrected chi connectivity index (χ0v) is 16.6. The van der Waals surface area contributed by atoms with Gasteiger partial charge in [-0.05, 0) is 61.2 Å². The van der Waals surface area contributed by atoms with Crippen LogP contribution in [0.25, 0.3) is 11.4 Å². The second-order valence-electron chi connectivity index (χ2n) is 6.18. The van der Waals surface area contributed by atoms with Gasteiger partial charge in [0, 0.05) is 24.2 Å². The summed E-state index contributed by atoms with van der Waals surface area (Å²) in [5.74, 6) is 1.68. The lowest BCUT2D eigenvalue weighted by Crippen LogP contribution is -2.22. The normalized spacial score (nSPS) is 11.1. The van der Waals surface area contributed by atoms with E-state index in [-0.39, 0.29) is 0 Å². The van der Waals surface area contributed by atoms with Crippen LogP contribution >= 0.6 is 23.8 Å². The van der Waals surface area contributed by atoms with Crippen molar-refractivity contribution in [3.8, 4) is 17.1 Å². The highest BCUT2D eigenvalue weighted by molar-refractivity contribution is 7.71. The Hall–Kier alpha value is -2.15. The maximum Gasteiger partial charge on any atom is 0.199 e. The molecule has 2 aromatic carbocycles. The highest BCUT2D eigenvalue weighted by Gasteiger charge is 2.11. The quantitative estimate of drug-likeness (QED) is 0.587. The molecule has 0 fully saturated rings. The third-order valence-corrected chi connectivity index (χ3v) is 4.84. The molecule has 3 aromatic rings. The maximum absolute atomic E-state index is 5.97. The summed E-state index contributed by atoms with van der Waals surface area (Å²) in [6.07, 6.45) is 0. The van der Waals surface area contributed by atoms with E-state index >= 15 is 0 Å². The van der Waals surface area contributed by atoms with Gasteiger partial charge >= 0.3 is 0 Å². The zero-order chi connectivity index (χ0) is 18.7. The van der Waals surface area contributed by atoms with Crippen molar-refractivity contribution in [3.05, 3.63) is 63.9 Å². The first-order valence-corrected chi connectivity index (χ1v) is 8.98. The number of rotatable bonds is 6. The van der Waals surface area contributed by atoms with Gasteiger partial charge in [0.2, 0.25) is 0 Å². The van der Waals surface area contributed by atoms with Crippen molar-refractivity contribution in [1.29, 1.82) is 0 Å². The number of hydrogen-bond acceptors (Lipinski definition) is 4. The van der Waals surface area contributed by atoms with Crippen LogP contribution in [-0.4, -0.2) is 33.4 Å². The van der Waals surface area contributed by atoms with E-state index in [4.69, 9.17) is 33.7 Å². The van der Waals surface area contributed by atoms with Crippen LogP contribution in [0.5, 0.6) is 5.75 Å². The van der Waals surface area contributed by atoms with E-state index in [9.17, 15) is 0 Å². The minimum absolute atomic E-state index is 0.595. The molecule has 0 atom stereocenters. The number of aromatic nitrogens is 3. The lowest BCUT2D eigenvalue weighted by Gasteiger charge is -2.16. The Morgan fingerprint density at radius 3 is 2.62 bits per heavy atom. The van der Waals surface area contributed by atoms with Crippen molar-refractivity contribution in [1.82, 2.24) is 19.2 Å². The van der Waals surface area contributed by atoms with Crippen molar-refractivity contribution >= 4 is 23.8 Å². The summed E-state index contributed by atoms with van der Waals surface area (Å²) in [7, 11) is 5.64. The minimum atomic E-state index is 0.595. The Kier molecular flexibility index (Phi) is 5.76. The molecule has 136 valence electrons. The van der Waals surface area contributed by atoms with Crippen LogP contribution in [0.1, 0.15) is 5.56 Å². The van der Waals surface area contributed by atoms with Gasteiger partial charge in [-0.1, -0.05) is 23.7 Å².